The molecule has 0 aliphatic carbocycles. The van der Waals surface area contributed by atoms with Crippen LogP contribution in [0.4, 0.5) is 0 Å². The molecule has 5 nitrogen and oxygen atoms in total. The lowest BCUT2D eigenvalue weighted by atomic mass is 10.4. The van der Waals surface area contributed by atoms with Crippen molar-refractivity contribution in [3.63, 3.8) is 0 Å². The summed E-state index contributed by atoms with van der Waals surface area (Å²) in [4.78, 5) is 23.0. The summed E-state index contributed by atoms with van der Waals surface area (Å²) in [5.41, 5.74) is 0. The molecule has 14 heavy (non-hydrogen) atoms. The molecule has 0 aromatic rings. The van der Waals surface area contributed by atoms with Crippen LogP contribution in [0.5, 0.6) is 0 Å². The van der Waals surface area contributed by atoms with Crippen LogP contribution in [0.3, 0.4) is 0 Å². The van der Waals surface area contributed by atoms with Gasteiger partial charge in [0.25, 0.3) is 0 Å². The third kappa shape index (κ3) is 7.54. The molecule has 0 rings (SSSR count). The second-order valence-corrected chi connectivity index (χ2v) is 3.01. The van der Waals surface area contributed by atoms with E-state index < -0.39 is 0 Å². The molecule has 0 N–H and O–H groups in total. The fourth-order valence-corrected chi connectivity index (χ4v) is 0.914. The molecule has 0 aromatic heterocycles. The Morgan fingerprint density at radius 1 is 1.36 bits per heavy atom. The molecular weight excluding hydrogens is 186 g/mol. The third-order valence-corrected chi connectivity index (χ3v) is 1.62. The first-order valence-electron chi connectivity index (χ1n) is 4.45. The molecule has 0 bridgehead atoms. The third-order valence-electron chi connectivity index (χ3n) is 1.62. The highest BCUT2D eigenvalue weighted by molar-refractivity contribution is 5.71. The largest absolute Gasteiger partial charge is 0.468 e. The van der Waals surface area contributed by atoms with Gasteiger partial charge in [0.2, 0.25) is 0 Å². The molecule has 0 saturated heterocycles. The smallest absolute Gasteiger partial charge is 0.319 e. The van der Waals surface area contributed by atoms with Crippen LogP contribution in [-0.4, -0.2) is 50.7 Å². The van der Waals surface area contributed by atoms with Gasteiger partial charge < -0.3 is 9.47 Å². The zero-order chi connectivity index (χ0) is 11.0. The minimum Gasteiger partial charge on any atom is -0.468 e. The number of carbonyl (C=O) groups is 2. The van der Waals surface area contributed by atoms with E-state index in [4.69, 9.17) is 4.74 Å². The summed E-state index contributed by atoms with van der Waals surface area (Å²) < 4.78 is 9.24. The van der Waals surface area contributed by atoms with E-state index in [2.05, 4.69) is 4.74 Å². The summed E-state index contributed by atoms with van der Waals surface area (Å²) in [5, 5.41) is 0. The van der Waals surface area contributed by atoms with Gasteiger partial charge in [-0.3, -0.25) is 14.5 Å². The van der Waals surface area contributed by atoms with E-state index in [0.29, 0.717) is 19.6 Å². The minimum atomic E-state index is -0.277. The second kappa shape index (κ2) is 7.32. The average Bonchev–Trinajstić information content (AvgIpc) is 2.12. The number of likely N-dealkylation sites (N-methyl/N-ethyl adjacent to an activating group) is 1. The lowest BCUT2D eigenvalue weighted by molar-refractivity contribution is -0.143. The Morgan fingerprint density at radius 3 is 2.50 bits per heavy atom. The first-order valence-corrected chi connectivity index (χ1v) is 4.45. The Balaban J connectivity index is 3.39. The molecule has 0 unspecified atom stereocenters. The number of ether oxygens (including phenoxy) is 2. The summed E-state index contributed by atoms with van der Waals surface area (Å²) in [5.74, 6) is -0.541. The first kappa shape index (κ1) is 12.9. The molecule has 0 fully saturated rings. The van der Waals surface area contributed by atoms with Gasteiger partial charge in [-0.15, -0.1) is 0 Å². The minimum absolute atomic E-state index is 0.260. The van der Waals surface area contributed by atoms with Crippen LogP contribution in [0.1, 0.15) is 13.3 Å². The maximum Gasteiger partial charge on any atom is 0.319 e. The number of methoxy groups -OCH3 is 1. The zero-order valence-corrected chi connectivity index (χ0v) is 8.91. The first-order chi connectivity index (χ1) is 6.56. The van der Waals surface area contributed by atoms with Crippen molar-refractivity contribution in [2.24, 2.45) is 0 Å². The molecule has 0 heterocycles. The maximum absolute atomic E-state index is 10.8. The molecule has 82 valence electrons. The second-order valence-electron chi connectivity index (χ2n) is 3.01. The lowest BCUT2D eigenvalue weighted by Crippen LogP contribution is -2.28. The van der Waals surface area contributed by atoms with Crippen molar-refractivity contribution in [2.45, 2.75) is 13.3 Å². The molecule has 0 saturated carbocycles. The molecule has 0 atom stereocenters. The molecular formula is C9H17NO4. The maximum atomic E-state index is 10.8. The molecule has 5 heteroatoms. The van der Waals surface area contributed by atoms with Crippen LogP contribution in [0.25, 0.3) is 0 Å². The number of hydrogen-bond acceptors (Lipinski definition) is 5. The monoisotopic (exact) mass is 203 g/mol. The van der Waals surface area contributed by atoms with Crippen molar-refractivity contribution in [2.75, 3.05) is 33.9 Å². The van der Waals surface area contributed by atoms with E-state index in [1.54, 1.807) is 0 Å². The van der Waals surface area contributed by atoms with Crippen LogP contribution in [0, 0.1) is 0 Å². The van der Waals surface area contributed by atoms with Gasteiger partial charge in [-0.05, 0) is 13.5 Å². The lowest BCUT2D eigenvalue weighted by Gasteiger charge is -2.14. The van der Waals surface area contributed by atoms with E-state index in [-0.39, 0.29) is 18.5 Å². The molecule has 0 aliphatic heterocycles. The molecule has 0 spiro atoms. The standard InChI is InChI=1S/C9H17NO4/c1-8(11)14-6-4-5-10(2)7-9(12)13-3/h4-7H2,1-3H3. The summed E-state index contributed by atoms with van der Waals surface area (Å²) >= 11 is 0. The van der Waals surface area contributed by atoms with Crippen LogP contribution in [0.2, 0.25) is 0 Å². The summed E-state index contributed by atoms with van der Waals surface area (Å²) in [7, 11) is 3.17. The van der Waals surface area contributed by atoms with Crippen molar-refractivity contribution in [1.82, 2.24) is 4.90 Å². The van der Waals surface area contributed by atoms with Gasteiger partial charge in [-0.1, -0.05) is 0 Å². The fourth-order valence-electron chi connectivity index (χ4n) is 0.914. The average molecular weight is 203 g/mol. The van der Waals surface area contributed by atoms with Crippen LogP contribution in [0.15, 0.2) is 0 Å². The number of esters is 2. The quantitative estimate of drug-likeness (QED) is 0.451. The van der Waals surface area contributed by atoms with E-state index >= 15 is 0 Å². The Labute approximate surface area is 84.0 Å². The van der Waals surface area contributed by atoms with Crippen LogP contribution in [-0.2, 0) is 19.1 Å². The number of rotatable bonds is 6. The Kier molecular flexibility index (Phi) is 6.74. The van der Waals surface area contributed by atoms with Gasteiger partial charge in [0.1, 0.15) is 0 Å². The van der Waals surface area contributed by atoms with Crippen molar-refractivity contribution in [1.29, 1.82) is 0 Å². The number of carbonyl (C=O) groups excluding carboxylic acids is 2. The number of hydrogen-bond donors (Lipinski definition) is 0. The molecule has 0 amide bonds. The van der Waals surface area contributed by atoms with Crippen molar-refractivity contribution < 1.29 is 19.1 Å². The van der Waals surface area contributed by atoms with Crippen molar-refractivity contribution in [3.05, 3.63) is 0 Å². The van der Waals surface area contributed by atoms with Crippen molar-refractivity contribution in [3.8, 4) is 0 Å². The molecule has 0 aliphatic rings. The van der Waals surface area contributed by atoms with Crippen LogP contribution < -0.4 is 0 Å². The highest BCUT2D eigenvalue weighted by Gasteiger charge is 2.05. The fraction of sp³-hybridized carbons (Fsp3) is 0.778. The van der Waals surface area contributed by atoms with E-state index in [0.717, 1.165) is 0 Å². The molecule has 0 aromatic carbocycles. The van der Waals surface area contributed by atoms with Gasteiger partial charge in [-0.25, -0.2) is 0 Å². The Bertz CT molecular complexity index is 193. The highest BCUT2D eigenvalue weighted by Crippen LogP contribution is 1.90. The summed E-state index contributed by atoms with van der Waals surface area (Å²) in [6.07, 6.45) is 0.715. The Morgan fingerprint density at radius 2 is 2.00 bits per heavy atom. The van der Waals surface area contributed by atoms with Crippen LogP contribution >= 0.6 is 0 Å². The van der Waals surface area contributed by atoms with E-state index in [1.807, 2.05) is 11.9 Å². The topological polar surface area (TPSA) is 55.8 Å². The summed E-state index contributed by atoms with van der Waals surface area (Å²) in [6.45, 7) is 2.72. The zero-order valence-electron chi connectivity index (χ0n) is 8.91. The van der Waals surface area contributed by atoms with Gasteiger partial charge in [0.05, 0.1) is 20.3 Å². The number of nitrogens with zero attached hydrogens (tertiary/aromatic N) is 1. The van der Waals surface area contributed by atoms with Gasteiger partial charge in [0.15, 0.2) is 0 Å². The predicted molar refractivity (Wildman–Crippen MR) is 50.8 cm³/mol. The summed E-state index contributed by atoms with van der Waals surface area (Å²) in [6, 6.07) is 0. The highest BCUT2D eigenvalue weighted by atomic mass is 16.5. The van der Waals surface area contributed by atoms with Gasteiger partial charge in [0, 0.05) is 13.5 Å². The SMILES string of the molecule is COC(=O)CN(C)CCCOC(C)=O. The molecule has 0 radical (unpaired) electrons. The van der Waals surface area contributed by atoms with Gasteiger partial charge >= 0.3 is 11.9 Å². The van der Waals surface area contributed by atoms with E-state index in [9.17, 15) is 9.59 Å². The van der Waals surface area contributed by atoms with E-state index in [1.165, 1.54) is 14.0 Å². The van der Waals surface area contributed by atoms with Gasteiger partial charge in [-0.2, -0.15) is 0 Å². The predicted octanol–water partition coefficient (Wildman–Crippen LogP) is 0.0444. The van der Waals surface area contributed by atoms with Crippen molar-refractivity contribution >= 4 is 11.9 Å². The Hall–Kier alpha value is -1.10. The normalized spacial score (nSPS) is 10.0.